The lowest BCUT2D eigenvalue weighted by Crippen LogP contribution is -2.35. The van der Waals surface area contributed by atoms with Crippen molar-refractivity contribution < 1.29 is 4.79 Å². The summed E-state index contributed by atoms with van der Waals surface area (Å²) in [7, 11) is 1.94. The van der Waals surface area contributed by atoms with E-state index in [0.29, 0.717) is 6.54 Å². The number of hydrogen-bond acceptors (Lipinski definition) is 3. The zero-order chi connectivity index (χ0) is 14.1. The molecule has 0 bridgehead atoms. The van der Waals surface area contributed by atoms with Gasteiger partial charge in [-0.25, -0.2) is 0 Å². The van der Waals surface area contributed by atoms with Crippen LogP contribution < -0.4 is 15.5 Å². The summed E-state index contributed by atoms with van der Waals surface area (Å²) in [5.41, 5.74) is 2.32. The molecule has 2 N–H and O–H groups in total. The molecule has 0 aliphatic heterocycles. The second kappa shape index (κ2) is 8.53. The fourth-order valence-corrected chi connectivity index (χ4v) is 1.76. The zero-order valence-corrected chi connectivity index (χ0v) is 12.2. The summed E-state index contributed by atoms with van der Waals surface area (Å²) in [6, 6.07) is 8.30. The predicted octanol–water partition coefficient (Wildman–Crippen LogP) is 1.76. The highest BCUT2D eigenvalue weighted by Gasteiger charge is 2.06. The first-order valence-corrected chi connectivity index (χ1v) is 6.94. The van der Waals surface area contributed by atoms with Crippen LogP contribution in [0.5, 0.6) is 0 Å². The summed E-state index contributed by atoms with van der Waals surface area (Å²) in [5, 5.41) is 6.17. The Morgan fingerprint density at radius 3 is 2.47 bits per heavy atom. The molecule has 0 spiro atoms. The van der Waals surface area contributed by atoms with Crippen LogP contribution in [0, 0.1) is 0 Å². The van der Waals surface area contributed by atoms with Gasteiger partial charge in [-0.05, 0) is 30.7 Å². The molecule has 0 aromatic heterocycles. The van der Waals surface area contributed by atoms with E-state index < -0.39 is 0 Å². The SMILES string of the molecule is CCCNC(=O)CN(C)c1ccc(CNCC)cc1. The smallest absolute Gasteiger partial charge is 0.239 e. The van der Waals surface area contributed by atoms with Crippen molar-refractivity contribution in [2.75, 3.05) is 31.6 Å². The van der Waals surface area contributed by atoms with E-state index in [2.05, 4.69) is 41.8 Å². The third-order valence-electron chi connectivity index (χ3n) is 2.91. The molecule has 0 radical (unpaired) electrons. The van der Waals surface area contributed by atoms with Crippen LogP contribution >= 0.6 is 0 Å². The van der Waals surface area contributed by atoms with E-state index in [1.165, 1.54) is 5.56 Å². The quantitative estimate of drug-likeness (QED) is 0.751. The topological polar surface area (TPSA) is 44.4 Å². The minimum atomic E-state index is 0.0704. The number of carbonyl (C=O) groups is 1. The highest BCUT2D eigenvalue weighted by atomic mass is 16.2. The van der Waals surface area contributed by atoms with Gasteiger partial charge in [-0.15, -0.1) is 0 Å². The average Bonchev–Trinajstić information content (AvgIpc) is 2.43. The molecule has 19 heavy (non-hydrogen) atoms. The normalized spacial score (nSPS) is 10.3. The van der Waals surface area contributed by atoms with Crippen molar-refractivity contribution in [3.63, 3.8) is 0 Å². The molecule has 0 aliphatic rings. The zero-order valence-electron chi connectivity index (χ0n) is 12.2. The predicted molar refractivity (Wildman–Crippen MR) is 80.4 cm³/mol. The van der Waals surface area contributed by atoms with Crippen LogP contribution in [-0.2, 0) is 11.3 Å². The van der Waals surface area contributed by atoms with E-state index in [4.69, 9.17) is 0 Å². The molecule has 1 rings (SSSR count). The molecule has 1 aromatic rings. The first-order valence-electron chi connectivity index (χ1n) is 6.94. The van der Waals surface area contributed by atoms with E-state index in [-0.39, 0.29) is 5.91 Å². The summed E-state index contributed by atoms with van der Waals surface area (Å²) >= 11 is 0. The maximum Gasteiger partial charge on any atom is 0.239 e. The monoisotopic (exact) mass is 263 g/mol. The second-order valence-electron chi connectivity index (χ2n) is 4.65. The first kappa shape index (κ1) is 15.5. The van der Waals surface area contributed by atoms with Gasteiger partial charge in [0.2, 0.25) is 5.91 Å². The third-order valence-corrected chi connectivity index (χ3v) is 2.91. The van der Waals surface area contributed by atoms with Gasteiger partial charge in [0.15, 0.2) is 0 Å². The Morgan fingerprint density at radius 2 is 1.89 bits per heavy atom. The molecule has 1 amide bonds. The minimum absolute atomic E-state index is 0.0704. The van der Waals surface area contributed by atoms with Crippen LogP contribution in [0.25, 0.3) is 0 Å². The van der Waals surface area contributed by atoms with Gasteiger partial charge in [0.1, 0.15) is 0 Å². The number of anilines is 1. The fourth-order valence-electron chi connectivity index (χ4n) is 1.76. The molecular weight excluding hydrogens is 238 g/mol. The Kier molecular flexibility index (Phi) is 6.97. The fraction of sp³-hybridized carbons (Fsp3) is 0.533. The van der Waals surface area contributed by atoms with Crippen molar-refractivity contribution in [1.82, 2.24) is 10.6 Å². The molecule has 0 unspecified atom stereocenters. The Labute approximate surface area is 116 Å². The highest BCUT2D eigenvalue weighted by molar-refractivity contribution is 5.81. The second-order valence-corrected chi connectivity index (χ2v) is 4.65. The molecule has 106 valence electrons. The number of rotatable bonds is 8. The van der Waals surface area contributed by atoms with E-state index in [0.717, 1.165) is 31.7 Å². The number of likely N-dealkylation sites (N-methyl/N-ethyl adjacent to an activating group) is 1. The lowest BCUT2D eigenvalue weighted by molar-refractivity contribution is -0.119. The molecule has 1 aromatic carbocycles. The molecule has 0 aliphatic carbocycles. The number of benzene rings is 1. The van der Waals surface area contributed by atoms with Crippen molar-refractivity contribution in [3.8, 4) is 0 Å². The van der Waals surface area contributed by atoms with Gasteiger partial charge in [-0.2, -0.15) is 0 Å². The van der Waals surface area contributed by atoms with Gasteiger partial charge in [0, 0.05) is 25.8 Å². The number of nitrogens with zero attached hydrogens (tertiary/aromatic N) is 1. The summed E-state index contributed by atoms with van der Waals surface area (Å²) in [6.07, 6.45) is 0.967. The van der Waals surface area contributed by atoms with E-state index >= 15 is 0 Å². The first-order chi connectivity index (χ1) is 9.17. The third kappa shape index (κ3) is 5.75. The van der Waals surface area contributed by atoms with E-state index in [9.17, 15) is 4.79 Å². The molecule has 4 heteroatoms. The molecule has 0 heterocycles. The minimum Gasteiger partial charge on any atom is -0.365 e. The van der Waals surface area contributed by atoms with Gasteiger partial charge in [0.25, 0.3) is 0 Å². The van der Waals surface area contributed by atoms with Crippen LogP contribution in [0.3, 0.4) is 0 Å². The summed E-state index contributed by atoms with van der Waals surface area (Å²) < 4.78 is 0. The highest BCUT2D eigenvalue weighted by Crippen LogP contribution is 2.13. The van der Waals surface area contributed by atoms with Crippen LogP contribution in [0.15, 0.2) is 24.3 Å². The molecule has 0 saturated heterocycles. The standard InChI is InChI=1S/C15H25N3O/c1-4-10-17-15(19)12-18(3)14-8-6-13(7-9-14)11-16-5-2/h6-9,16H,4-5,10-12H2,1-3H3,(H,17,19). The van der Waals surface area contributed by atoms with E-state index in [1.807, 2.05) is 18.9 Å². The lowest BCUT2D eigenvalue weighted by atomic mass is 10.2. The van der Waals surface area contributed by atoms with Crippen LogP contribution in [0.4, 0.5) is 5.69 Å². The van der Waals surface area contributed by atoms with Crippen molar-refractivity contribution in [2.24, 2.45) is 0 Å². The molecule has 0 fully saturated rings. The Bertz CT molecular complexity index is 375. The van der Waals surface area contributed by atoms with Crippen LogP contribution in [-0.4, -0.2) is 32.6 Å². The van der Waals surface area contributed by atoms with Crippen molar-refractivity contribution in [3.05, 3.63) is 29.8 Å². The number of nitrogens with one attached hydrogen (secondary N) is 2. The average molecular weight is 263 g/mol. The maximum atomic E-state index is 11.6. The molecule has 4 nitrogen and oxygen atoms in total. The number of hydrogen-bond donors (Lipinski definition) is 2. The summed E-state index contributed by atoms with van der Waals surface area (Å²) in [4.78, 5) is 13.6. The van der Waals surface area contributed by atoms with Crippen molar-refractivity contribution in [1.29, 1.82) is 0 Å². The largest absolute Gasteiger partial charge is 0.365 e. The molecule has 0 atom stereocenters. The van der Waals surface area contributed by atoms with Crippen molar-refractivity contribution in [2.45, 2.75) is 26.8 Å². The van der Waals surface area contributed by atoms with E-state index in [1.54, 1.807) is 0 Å². The van der Waals surface area contributed by atoms with Gasteiger partial charge in [0.05, 0.1) is 6.54 Å². The summed E-state index contributed by atoms with van der Waals surface area (Å²) in [5.74, 6) is 0.0704. The van der Waals surface area contributed by atoms with Gasteiger partial charge >= 0.3 is 0 Å². The maximum absolute atomic E-state index is 11.6. The molecular formula is C15H25N3O. The lowest BCUT2D eigenvalue weighted by Gasteiger charge is -2.19. The van der Waals surface area contributed by atoms with Gasteiger partial charge < -0.3 is 15.5 Å². The number of amides is 1. The molecule has 0 saturated carbocycles. The Morgan fingerprint density at radius 1 is 1.21 bits per heavy atom. The van der Waals surface area contributed by atoms with Crippen LogP contribution in [0.2, 0.25) is 0 Å². The van der Waals surface area contributed by atoms with Gasteiger partial charge in [-0.1, -0.05) is 26.0 Å². The van der Waals surface area contributed by atoms with Crippen molar-refractivity contribution >= 4 is 11.6 Å². The Balaban J connectivity index is 2.48. The summed E-state index contributed by atoms with van der Waals surface area (Å²) in [6.45, 7) is 7.14. The van der Waals surface area contributed by atoms with Gasteiger partial charge in [-0.3, -0.25) is 4.79 Å². The Hall–Kier alpha value is -1.55. The van der Waals surface area contributed by atoms with Crippen LogP contribution in [0.1, 0.15) is 25.8 Å². The number of carbonyl (C=O) groups excluding carboxylic acids is 1.